The number of aromatic amines is 2. The van der Waals surface area contributed by atoms with Gasteiger partial charge in [-0.3, -0.25) is 0 Å². The van der Waals surface area contributed by atoms with Crippen molar-refractivity contribution in [3.63, 3.8) is 0 Å². The molecule has 0 aromatic carbocycles. The highest BCUT2D eigenvalue weighted by atomic mass is 14.7. The van der Waals surface area contributed by atoms with E-state index in [9.17, 15) is 0 Å². The molecule has 2 N–H and O–H groups in total. The van der Waals surface area contributed by atoms with E-state index in [4.69, 9.17) is 0 Å². The van der Waals surface area contributed by atoms with E-state index in [0.29, 0.717) is 5.92 Å². The molecule has 2 heteroatoms. The predicted molar refractivity (Wildman–Crippen MR) is 56.4 cm³/mol. The second kappa shape index (κ2) is 3.05. The van der Waals surface area contributed by atoms with Crippen molar-refractivity contribution in [2.75, 3.05) is 0 Å². The summed E-state index contributed by atoms with van der Waals surface area (Å²) in [6.07, 6.45) is 7.84. The molecule has 0 aliphatic heterocycles. The molecule has 0 amide bonds. The predicted octanol–water partition coefficient (Wildman–Crippen LogP) is 2.81. The molecule has 14 heavy (non-hydrogen) atoms. The van der Waals surface area contributed by atoms with Gasteiger partial charge < -0.3 is 9.97 Å². The minimum absolute atomic E-state index is 0.583. The van der Waals surface area contributed by atoms with Gasteiger partial charge in [0.05, 0.1) is 0 Å². The molecule has 0 spiro atoms. The Morgan fingerprint density at radius 1 is 1.14 bits per heavy atom. The van der Waals surface area contributed by atoms with Crippen molar-refractivity contribution in [1.82, 2.24) is 9.97 Å². The van der Waals surface area contributed by atoms with Crippen LogP contribution in [-0.4, -0.2) is 9.97 Å². The molecule has 1 atom stereocenters. The van der Waals surface area contributed by atoms with E-state index in [2.05, 4.69) is 34.4 Å². The quantitative estimate of drug-likeness (QED) is 0.686. The van der Waals surface area contributed by atoms with Gasteiger partial charge in [0.2, 0.25) is 0 Å². The molecule has 1 aliphatic carbocycles. The maximum absolute atomic E-state index is 3.34. The van der Waals surface area contributed by atoms with Crippen LogP contribution in [0.1, 0.15) is 35.7 Å². The van der Waals surface area contributed by atoms with Crippen LogP contribution in [0.2, 0.25) is 0 Å². The Balaban J connectivity index is 2.04. The van der Waals surface area contributed by atoms with E-state index in [-0.39, 0.29) is 0 Å². The topological polar surface area (TPSA) is 31.6 Å². The van der Waals surface area contributed by atoms with Crippen LogP contribution in [0.5, 0.6) is 0 Å². The summed E-state index contributed by atoms with van der Waals surface area (Å²) in [4.78, 5) is 6.66. The van der Waals surface area contributed by atoms with Gasteiger partial charge in [0.15, 0.2) is 0 Å². The molecule has 0 fully saturated rings. The van der Waals surface area contributed by atoms with Crippen LogP contribution in [0.15, 0.2) is 30.6 Å². The smallest absolute Gasteiger partial charge is 0.0258 e. The molecule has 0 saturated heterocycles. The van der Waals surface area contributed by atoms with Crippen molar-refractivity contribution in [3.05, 3.63) is 47.5 Å². The van der Waals surface area contributed by atoms with Crippen LogP contribution < -0.4 is 0 Å². The maximum atomic E-state index is 3.34. The first-order chi connectivity index (χ1) is 6.95. The summed E-state index contributed by atoms with van der Waals surface area (Å²) in [5.74, 6) is 0.583. The number of fused-ring (bicyclic) bond motifs is 1. The van der Waals surface area contributed by atoms with E-state index in [1.165, 1.54) is 36.2 Å². The van der Waals surface area contributed by atoms with Crippen molar-refractivity contribution in [3.8, 4) is 0 Å². The summed E-state index contributed by atoms with van der Waals surface area (Å²) in [6, 6.07) is 6.49. The van der Waals surface area contributed by atoms with Gasteiger partial charge >= 0.3 is 0 Å². The fraction of sp³-hybridized carbons (Fsp3) is 0.333. The number of H-pyrrole nitrogens is 2. The van der Waals surface area contributed by atoms with Gasteiger partial charge in [-0.05, 0) is 43.0 Å². The Bertz CT molecular complexity index is 411. The van der Waals surface area contributed by atoms with Gasteiger partial charge in [-0.2, -0.15) is 0 Å². The number of aromatic nitrogens is 2. The van der Waals surface area contributed by atoms with Crippen LogP contribution in [0, 0.1) is 0 Å². The summed E-state index contributed by atoms with van der Waals surface area (Å²) in [5, 5.41) is 0. The molecule has 2 nitrogen and oxygen atoms in total. The number of hydrogen-bond acceptors (Lipinski definition) is 0. The Morgan fingerprint density at radius 2 is 2.14 bits per heavy atom. The number of hydrogen-bond donors (Lipinski definition) is 2. The van der Waals surface area contributed by atoms with E-state index in [0.717, 1.165) is 0 Å². The molecular formula is C12H14N2. The van der Waals surface area contributed by atoms with Gasteiger partial charge in [0.1, 0.15) is 0 Å². The third-order valence-corrected chi connectivity index (χ3v) is 3.16. The molecule has 0 bridgehead atoms. The lowest BCUT2D eigenvalue weighted by molar-refractivity contribution is 0.602. The Labute approximate surface area is 83.4 Å². The van der Waals surface area contributed by atoms with Crippen molar-refractivity contribution in [2.45, 2.75) is 25.2 Å². The van der Waals surface area contributed by atoms with Gasteiger partial charge in [-0.15, -0.1) is 0 Å². The summed E-state index contributed by atoms with van der Waals surface area (Å²) in [7, 11) is 0. The number of aryl methyl sites for hydroxylation is 1. The van der Waals surface area contributed by atoms with Crippen molar-refractivity contribution >= 4 is 0 Å². The average Bonchev–Trinajstić information content (AvgIpc) is 2.88. The minimum atomic E-state index is 0.583. The zero-order chi connectivity index (χ0) is 9.38. The molecule has 1 aliphatic rings. The lowest BCUT2D eigenvalue weighted by atomic mass is 9.85. The van der Waals surface area contributed by atoms with Crippen molar-refractivity contribution in [2.24, 2.45) is 0 Å². The van der Waals surface area contributed by atoms with E-state index in [1.54, 1.807) is 0 Å². The Kier molecular flexibility index (Phi) is 1.72. The minimum Gasteiger partial charge on any atom is -0.365 e. The number of rotatable bonds is 1. The van der Waals surface area contributed by atoms with Gasteiger partial charge in [0, 0.05) is 29.7 Å². The SMILES string of the molecule is c1c[nH]c(C2CCCc3[nH]ccc32)c1. The molecule has 2 aromatic heterocycles. The molecule has 72 valence electrons. The highest BCUT2D eigenvalue weighted by Crippen LogP contribution is 2.35. The summed E-state index contributed by atoms with van der Waals surface area (Å²) < 4.78 is 0. The molecule has 1 unspecified atom stereocenters. The molecule has 2 heterocycles. The molecule has 0 saturated carbocycles. The second-order valence-corrected chi connectivity index (χ2v) is 3.98. The lowest BCUT2D eigenvalue weighted by Gasteiger charge is -2.21. The zero-order valence-corrected chi connectivity index (χ0v) is 8.09. The summed E-state index contributed by atoms with van der Waals surface area (Å²) in [6.45, 7) is 0. The largest absolute Gasteiger partial charge is 0.365 e. The highest BCUT2D eigenvalue weighted by Gasteiger charge is 2.22. The molecular weight excluding hydrogens is 172 g/mol. The normalized spacial score (nSPS) is 20.7. The van der Waals surface area contributed by atoms with Crippen LogP contribution in [0.3, 0.4) is 0 Å². The van der Waals surface area contributed by atoms with Crippen molar-refractivity contribution in [1.29, 1.82) is 0 Å². The first kappa shape index (κ1) is 7.92. The fourth-order valence-corrected chi connectivity index (χ4v) is 2.48. The van der Waals surface area contributed by atoms with Crippen LogP contribution in [0.25, 0.3) is 0 Å². The lowest BCUT2D eigenvalue weighted by Crippen LogP contribution is -2.09. The Morgan fingerprint density at radius 3 is 3.00 bits per heavy atom. The van der Waals surface area contributed by atoms with Gasteiger partial charge in [-0.1, -0.05) is 0 Å². The van der Waals surface area contributed by atoms with Crippen LogP contribution in [0.4, 0.5) is 0 Å². The van der Waals surface area contributed by atoms with Gasteiger partial charge in [0.25, 0.3) is 0 Å². The average molecular weight is 186 g/mol. The first-order valence-electron chi connectivity index (χ1n) is 5.24. The summed E-state index contributed by atoms with van der Waals surface area (Å²) in [5.41, 5.74) is 4.26. The monoisotopic (exact) mass is 186 g/mol. The number of nitrogens with one attached hydrogen (secondary N) is 2. The molecule has 3 rings (SSSR count). The first-order valence-corrected chi connectivity index (χ1v) is 5.24. The third kappa shape index (κ3) is 1.10. The van der Waals surface area contributed by atoms with E-state index >= 15 is 0 Å². The zero-order valence-electron chi connectivity index (χ0n) is 8.09. The maximum Gasteiger partial charge on any atom is 0.0258 e. The standard InChI is InChI=1S/C12H14N2/c1-3-9(12-5-2-7-13-12)10-6-8-14-11(10)4-1/h2,5-9,13-14H,1,3-4H2. The third-order valence-electron chi connectivity index (χ3n) is 3.16. The van der Waals surface area contributed by atoms with Crippen LogP contribution >= 0.6 is 0 Å². The van der Waals surface area contributed by atoms with E-state index in [1.807, 2.05) is 6.20 Å². The summed E-state index contributed by atoms with van der Waals surface area (Å²) >= 11 is 0. The Hall–Kier alpha value is -1.44. The van der Waals surface area contributed by atoms with Gasteiger partial charge in [-0.25, -0.2) is 0 Å². The molecule has 2 aromatic rings. The van der Waals surface area contributed by atoms with E-state index < -0.39 is 0 Å². The van der Waals surface area contributed by atoms with Crippen LogP contribution in [-0.2, 0) is 6.42 Å². The molecule has 0 radical (unpaired) electrons. The fourth-order valence-electron chi connectivity index (χ4n) is 2.48. The second-order valence-electron chi connectivity index (χ2n) is 3.98. The highest BCUT2D eigenvalue weighted by molar-refractivity contribution is 5.34. The van der Waals surface area contributed by atoms with Crippen molar-refractivity contribution < 1.29 is 0 Å².